The fraction of sp³-hybridized carbons (Fsp3) is 0.875. The molecule has 0 atom stereocenters. The Morgan fingerprint density at radius 3 is 2.36 bits per heavy atom. The summed E-state index contributed by atoms with van der Waals surface area (Å²) in [5.74, 6) is 0.353. The number of aliphatic carboxylic acids is 1. The predicted molar refractivity (Wildman–Crippen MR) is 84.9 cm³/mol. The summed E-state index contributed by atoms with van der Waals surface area (Å²) in [6.45, 7) is 3.29. The molecule has 3 fully saturated rings. The molecule has 0 aromatic rings. The van der Waals surface area contributed by atoms with Gasteiger partial charge in [0, 0.05) is 42.7 Å². The van der Waals surface area contributed by atoms with Crippen molar-refractivity contribution in [2.24, 2.45) is 11.8 Å². The van der Waals surface area contributed by atoms with Crippen molar-refractivity contribution in [3.05, 3.63) is 0 Å². The van der Waals surface area contributed by atoms with Crippen LogP contribution >= 0.6 is 11.8 Å². The van der Waals surface area contributed by atoms with Crippen LogP contribution in [0.15, 0.2) is 0 Å². The summed E-state index contributed by atoms with van der Waals surface area (Å²) in [4.78, 5) is 25.9. The van der Waals surface area contributed by atoms with Crippen LogP contribution in [-0.4, -0.2) is 58.7 Å². The molecule has 2 saturated heterocycles. The molecule has 5 nitrogen and oxygen atoms in total. The number of amides is 1. The molecule has 0 aromatic carbocycles. The van der Waals surface area contributed by atoms with Crippen molar-refractivity contribution < 1.29 is 19.4 Å². The molecule has 1 aliphatic carbocycles. The van der Waals surface area contributed by atoms with Gasteiger partial charge in [0.25, 0.3) is 0 Å². The van der Waals surface area contributed by atoms with Crippen molar-refractivity contribution in [2.45, 2.75) is 43.3 Å². The van der Waals surface area contributed by atoms with Gasteiger partial charge >= 0.3 is 5.97 Å². The van der Waals surface area contributed by atoms with Gasteiger partial charge in [0.05, 0.1) is 5.92 Å². The molecule has 3 aliphatic rings. The molecule has 124 valence electrons. The molecule has 1 spiro atoms. The Bertz CT molecular complexity index is 422. The number of carboxylic acid groups (broad SMARTS) is 1. The fourth-order valence-corrected chi connectivity index (χ4v) is 5.37. The van der Waals surface area contributed by atoms with Crippen molar-refractivity contribution in [1.29, 1.82) is 0 Å². The number of ether oxygens (including phenoxy) is 1. The Labute approximate surface area is 135 Å². The minimum atomic E-state index is -0.707. The van der Waals surface area contributed by atoms with Crippen molar-refractivity contribution in [1.82, 2.24) is 4.90 Å². The number of hydrogen-bond donors (Lipinski definition) is 1. The zero-order valence-corrected chi connectivity index (χ0v) is 13.8. The first-order valence-corrected chi connectivity index (χ1v) is 9.31. The topological polar surface area (TPSA) is 66.8 Å². The minimum Gasteiger partial charge on any atom is -0.481 e. The van der Waals surface area contributed by atoms with Crippen molar-refractivity contribution in [3.63, 3.8) is 0 Å². The molecule has 0 radical (unpaired) electrons. The van der Waals surface area contributed by atoms with E-state index in [9.17, 15) is 9.59 Å². The van der Waals surface area contributed by atoms with E-state index in [1.807, 2.05) is 16.7 Å². The molecule has 1 amide bonds. The van der Waals surface area contributed by atoms with Crippen LogP contribution in [0, 0.1) is 11.8 Å². The highest BCUT2D eigenvalue weighted by Gasteiger charge is 2.41. The molecule has 0 unspecified atom stereocenters. The maximum Gasteiger partial charge on any atom is 0.306 e. The van der Waals surface area contributed by atoms with Gasteiger partial charge in [-0.25, -0.2) is 0 Å². The van der Waals surface area contributed by atoms with Crippen LogP contribution in [-0.2, 0) is 14.3 Å². The standard InChI is InChI=1S/C16H25NO4S/c18-14(12-1-3-13(4-2-12)15(19)20)17-7-10-22-16(11-17)5-8-21-9-6-16/h12-13H,1-11H2,(H,19,20). The van der Waals surface area contributed by atoms with Crippen molar-refractivity contribution in [2.75, 3.05) is 32.1 Å². The number of thioether (sulfide) groups is 1. The van der Waals surface area contributed by atoms with Crippen LogP contribution in [0.4, 0.5) is 0 Å². The zero-order chi connectivity index (χ0) is 15.6. The maximum absolute atomic E-state index is 12.8. The largest absolute Gasteiger partial charge is 0.481 e. The van der Waals surface area contributed by atoms with Gasteiger partial charge in [-0.1, -0.05) is 0 Å². The second-order valence-electron chi connectivity index (χ2n) is 6.79. The van der Waals surface area contributed by atoms with Gasteiger partial charge < -0.3 is 14.7 Å². The number of carbonyl (C=O) groups is 2. The minimum absolute atomic E-state index is 0.0376. The summed E-state index contributed by atoms with van der Waals surface area (Å²) >= 11 is 2.01. The number of nitrogens with zero attached hydrogens (tertiary/aromatic N) is 1. The molecule has 2 aliphatic heterocycles. The van der Waals surface area contributed by atoms with E-state index < -0.39 is 5.97 Å². The molecular formula is C16H25NO4S. The summed E-state index contributed by atoms with van der Waals surface area (Å²) < 4.78 is 5.67. The third-order valence-corrected chi connectivity index (χ3v) is 6.93. The Morgan fingerprint density at radius 1 is 1.09 bits per heavy atom. The Kier molecular flexibility index (Phi) is 4.97. The highest BCUT2D eigenvalue weighted by molar-refractivity contribution is 8.00. The van der Waals surface area contributed by atoms with Crippen LogP contribution < -0.4 is 0 Å². The lowest BCUT2D eigenvalue weighted by Gasteiger charge is -2.45. The molecule has 0 bridgehead atoms. The van der Waals surface area contributed by atoms with Crippen molar-refractivity contribution in [3.8, 4) is 0 Å². The van der Waals surface area contributed by atoms with E-state index in [0.29, 0.717) is 12.8 Å². The first-order chi connectivity index (χ1) is 10.6. The second kappa shape index (κ2) is 6.79. The smallest absolute Gasteiger partial charge is 0.306 e. The quantitative estimate of drug-likeness (QED) is 0.840. The maximum atomic E-state index is 12.8. The summed E-state index contributed by atoms with van der Waals surface area (Å²) in [5, 5.41) is 9.07. The zero-order valence-electron chi connectivity index (χ0n) is 13.0. The molecule has 0 aromatic heterocycles. The van der Waals surface area contributed by atoms with E-state index in [4.69, 9.17) is 9.84 Å². The van der Waals surface area contributed by atoms with Gasteiger partial charge in [0.1, 0.15) is 0 Å². The van der Waals surface area contributed by atoms with Crippen LogP contribution in [0.1, 0.15) is 38.5 Å². The number of carbonyl (C=O) groups excluding carboxylic acids is 1. The molecule has 3 rings (SSSR count). The molecular weight excluding hydrogens is 302 g/mol. The lowest BCUT2D eigenvalue weighted by atomic mass is 9.81. The third-order valence-electron chi connectivity index (χ3n) is 5.39. The summed E-state index contributed by atoms with van der Waals surface area (Å²) in [6.07, 6.45) is 4.83. The first kappa shape index (κ1) is 16.1. The SMILES string of the molecule is O=C(O)C1CCC(C(=O)N2CCSC3(CCOCC3)C2)CC1. The monoisotopic (exact) mass is 327 g/mol. The van der Waals surface area contributed by atoms with Gasteiger partial charge in [-0.2, -0.15) is 11.8 Å². The summed E-state index contributed by atoms with van der Waals surface area (Å²) in [5.41, 5.74) is 0. The molecule has 1 N–H and O–H groups in total. The second-order valence-corrected chi connectivity index (χ2v) is 8.35. The summed E-state index contributed by atoms with van der Waals surface area (Å²) in [6, 6.07) is 0. The first-order valence-electron chi connectivity index (χ1n) is 8.33. The fourth-order valence-electron chi connectivity index (χ4n) is 3.92. The highest BCUT2D eigenvalue weighted by atomic mass is 32.2. The average molecular weight is 327 g/mol. The molecule has 1 saturated carbocycles. The van der Waals surface area contributed by atoms with Gasteiger partial charge in [-0.3, -0.25) is 9.59 Å². The number of hydrogen-bond acceptors (Lipinski definition) is 4. The normalized spacial score (nSPS) is 31.9. The Hall–Kier alpha value is -0.750. The molecule has 6 heteroatoms. The van der Waals surface area contributed by atoms with Crippen molar-refractivity contribution >= 4 is 23.6 Å². The predicted octanol–water partition coefficient (Wildman–Crippen LogP) is 2.00. The van der Waals surface area contributed by atoms with E-state index in [1.165, 1.54) is 0 Å². The Morgan fingerprint density at radius 2 is 1.73 bits per heavy atom. The van der Waals surface area contributed by atoms with Crippen LogP contribution in [0.3, 0.4) is 0 Å². The number of rotatable bonds is 2. The van der Waals surface area contributed by atoms with E-state index >= 15 is 0 Å². The lowest BCUT2D eigenvalue weighted by Crippen LogP contribution is -2.53. The van der Waals surface area contributed by atoms with Crippen LogP contribution in [0.2, 0.25) is 0 Å². The van der Waals surface area contributed by atoms with Gasteiger partial charge in [-0.15, -0.1) is 0 Å². The Balaban J connectivity index is 1.57. The van der Waals surface area contributed by atoms with E-state index in [1.54, 1.807) is 0 Å². The highest BCUT2D eigenvalue weighted by Crippen LogP contribution is 2.40. The number of carboxylic acids is 1. The van der Waals surface area contributed by atoms with Gasteiger partial charge in [0.2, 0.25) is 5.91 Å². The van der Waals surface area contributed by atoms with E-state index in [-0.39, 0.29) is 22.5 Å². The molecule has 22 heavy (non-hydrogen) atoms. The van der Waals surface area contributed by atoms with E-state index in [0.717, 1.165) is 57.7 Å². The summed E-state index contributed by atoms with van der Waals surface area (Å²) in [7, 11) is 0. The third kappa shape index (κ3) is 3.43. The van der Waals surface area contributed by atoms with Gasteiger partial charge in [-0.05, 0) is 38.5 Å². The van der Waals surface area contributed by atoms with Gasteiger partial charge in [0.15, 0.2) is 0 Å². The molecule has 2 heterocycles. The van der Waals surface area contributed by atoms with Crippen LogP contribution in [0.25, 0.3) is 0 Å². The lowest BCUT2D eigenvalue weighted by molar-refractivity contribution is -0.145. The average Bonchev–Trinajstić information content (AvgIpc) is 2.55. The van der Waals surface area contributed by atoms with Crippen LogP contribution in [0.5, 0.6) is 0 Å². The van der Waals surface area contributed by atoms with E-state index in [2.05, 4.69) is 0 Å².